The third kappa shape index (κ3) is 22.4. The van der Waals surface area contributed by atoms with Crippen LogP contribution in [0.25, 0.3) is 22.3 Å². The van der Waals surface area contributed by atoms with Crippen LogP contribution in [0.2, 0.25) is 12.6 Å². The first-order valence-electron chi connectivity index (χ1n) is 28.6. The summed E-state index contributed by atoms with van der Waals surface area (Å²) in [6.45, 7) is 2.66. The van der Waals surface area contributed by atoms with Crippen LogP contribution in [0.3, 0.4) is 0 Å². The molecule has 0 bridgehead atoms. The molecule has 6 heterocycles. The molecule has 0 aromatic carbocycles. The number of fused-ring (bicyclic) bond motifs is 2. The second-order valence-corrected chi connectivity index (χ2v) is 31.8. The predicted molar refractivity (Wildman–Crippen MR) is 330 cm³/mol. The van der Waals surface area contributed by atoms with Crippen molar-refractivity contribution in [3.63, 3.8) is 0 Å². The van der Waals surface area contributed by atoms with Crippen molar-refractivity contribution in [2.45, 2.75) is 127 Å². The van der Waals surface area contributed by atoms with Crippen LogP contribution < -0.4 is 32.7 Å². The summed E-state index contributed by atoms with van der Waals surface area (Å²) in [5, 5.41) is 53.7. The lowest BCUT2D eigenvalue weighted by atomic mass is 9.36. The number of carbonyl (C=O) groups is 4. The number of nitrogens with two attached hydrogens (primary N) is 2. The Morgan fingerprint density at radius 1 is 0.561 bits per heavy atom. The molecule has 2 aliphatic heterocycles. The third-order valence-electron chi connectivity index (χ3n) is 14.6. The molecule has 54 heteroatoms. The fraction of sp³-hybridized carbons (Fsp3) is 0.682. The van der Waals surface area contributed by atoms with Crippen molar-refractivity contribution in [3.8, 4) is 0 Å². The van der Waals surface area contributed by atoms with Gasteiger partial charge in [-0.3, -0.25) is 55.5 Å². The van der Waals surface area contributed by atoms with Crippen LogP contribution in [0.15, 0.2) is 25.3 Å². The van der Waals surface area contributed by atoms with E-state index in [9.17, 15) is 106 Å². The average Bonchev–Trinajstić information content (AvgIpc) is 1.59. The van der Waals surface area contributed by atoms with Gasteiger partial charge in [-0.15, -0.1) is 0 Å². The average molecular weight is 1520 g/mol. The summed E-state index contributed by atoms with van der Waals surface area (Å²) in [4.78, 5) is 154. The number of phosphoric ester groups is 6. The minimum atomic E-state index is -5.67. The predicted octanol–water partition coefficient (Wildman–Crippen LogP) is -3.67. The summed E-state index contributed by atoms with van der Waals surface area (Å²) >= 11 is 0. The molecule has 0 aliphatic carbocycles. The highest BCUT2D eigenvalue weighted by molar-refractivity contribution is 7.61. The number of nitrogen functional groups attached to an aromatic ring is 2. The van der Waals surface area contributed by atoms with Gasteiger partial charge in [0.05, 0.1) is 53.4 Å². The Kier molecular flexibility index (Phi) is 27.4. The summed E-state index contributed by atoms with van der Waals surface area (Å²) in [6.07, 6.45) is -11.1. The molecule has 98 heavy (non-hydrogen) atoms. The van der Waals surface area contributed by atoms with Crippen molar-refractivity contribution in [2.75, 3.05) is 64.1 Å². The summed E-state index contributed by atoms with van der Waals surface area (Å²) in [5.41, 5.74) is 4.23. The van der Waals surface area contributed by atoms with E-state index in [1.165, 1.54) is 41.5 Å². The van der Waals surface area contributed by atoms with E-state index in [1.807, 2.05) is 0 Å². The van der Waals surface area contributed by atoms with Crippen molar-refractivity contribution < 1.29 is 151 Å². The van der Waals surface area contributed by atoms with Gasteiger partial charge in [0.1, 0.15) is 72.5 Å². The van der Waals surface area contributed by atoms with Gasteiger partial charge in [-0.1, -0.05) is 40.3 Å². The number of phosphoric acid groups is 6. The number of nitrogens with zero attached hydrogens (tertiary/aromatic N) is 8. The lowest BCUT2D eigenvalue weighted by Crippen LogP contribution is -2.46. The van der Waals surface area contributed by atoms with E-state index >= 15 is 0 Å². The Hall–Kier alpha value is -4.79. The molecule has 2 aliphatic rings. The van der Waals surface area contributed by atoms with Crippen LogP contribution in [-0.4, -0.2) is 238 Å². The maximum absolute atomic E-state index is 12.9. The minimum absolute atomic E-state index is 0.0164. The highest BCUT2D eigenvalue weighted by Crippen LogP contribution is 2.63. The fourth-order valence-electron chi connectivity index (χ4n) is 9.33. The zero-order valence-corrected chi connectivity index (χ0v) is 57.9. The summed E-state index contributed by atoms with van der Waals surface area (Å²) in [5.74, 6) is -3.29. The molecule has 4 aromatic rings. The smallest absolute Gasteiger partial charge is 0.385 e. The van der Waals surface area contributed by atoms with E-state index in [2.05, 4.69) is 59.8 Å². The number of carbonyl (C=O) groups excluding carboxylic acids is 4. The molecule has 0 saturated carbocycles. The Morgan fingerprint density at radius 2 is 0.898 bits per heavy atom. The molecule has 20 N–H and O–H groups in total. The lowest BCUT2D eigenvalue weighted by molar-refractivity contribution is -0.137. The van der Waals surface area contributed by atoms with Crippen LogP contribution in [0.5, 0.6) is 0 Å². The molecule has 2 radical (unpaired) electrons. The van der Waals surface area contributed by atoms with Gasteiger partial charge in [0, 0.05) is 49.9 Å². The van der Waals surface area contributed by atoms with Crippen LogP contribution >= 0.6 is 46.9 Å². The van der Waals surface area contributed by atoms with Gasteiger partial charge < -0.3 is 102 Å². The standard InChI is InChI=1S/C44H74B2N14O32P6/c1-41(2,17-85-97(79,80)91-95(75,76)83-15-23-29(89-93(69,70)71)31(63)43(5,87-23)59-21-57-27-35(47)53-19-55-37(27)59)33(65)39(67)51-11-7-25(61)49-13-9-45-46-10-14-50-26(62)8-12-52-40(68)34(66)42(3,4)18-86-98(81,82)92-96(77,78)84-16-24-30(90-94(72,73)74)32(64)44(6,88-24)60-22-58-28-36(48)54-20-56-38(28)60/h19-24,29-34,63-66H,7-18H2,1-6H3,(H,49,61)(H,50,62)(H,51,67)(H,52,68)(H,75,76)(H,77,78)(H,79,80)(H,81,82)(H2,47,53,55)(H2,48,54,56)(H2,69,70,71)(H2,72,73,74). The summed E-state index contributed by atoms with van der Waals surface area (Å²) in [6, 6.07) is 0. The van der Waals surface area contributed by atoms with Gasteiger partial charge in [0.25, 0.3) is 0 Å². The Morgan fingerprint density at radius 3 is 1.23 bits per heavy atom. The number of imidazole rings is 2. The normalized spacial score (nSPS) is 24.8. The number of hydrogen-bond acceptors (Lipinski definition) is 32. The molecule has 548 valence electrons. The molecule has 6 rings (SSSR count). The molecular formula is C44H74B2N14O32P6. The molecule has 14 unspecified atom stereocenters. The van der Waals surface area contributed by atoms with Crippen molar-refractivity contribution in [1.29, 1.82) is 0 Å². The number of rotatable bonds is 39. The second-order valence-electron chi connectivity index (χ2n) is 23.3. The fourth-order valence-corrected chi connectivity index (χ4v) is 15.0. The quantitative estimate of drug-likeness (QED) is 0.0116. The maximum atomic E-state index is 12.9. The van der Waals surface area contributed by atoms with Gasteiger partial charge in [-0.25, -0.2) is 57.3 Å². The molecule has 2 fully saturated rings. The Balaban J connectivity index is 0.808. The first-order chi connectivity index (χ1) is 45.1. The number of amides is 4. The number of anilines is 2. The van der Waals surface area contributed by atoms with Gasteiger partial charge >= 0.3 is 46.9 Å². The number of aliphatic hydroxyl groups excluding tert-OH is 4. The summed E-state index contributed by atoms with van der Waals surface area (Å²) < 4.78 is 126. The van der Waals surface area contributed by atoms with Crippen molar-refractivity contribution in [3.05, 3.63) is 25.3 Å². The van der Waals surface area contributed by atoms with E-state index in [0.717, 1.165) is 34.4 Å². The van der Waals surface area contributed by atoms with Gasteiger partial charge in [-0.2, -0.15) is 8.62 Å². The van der Waals surface area contributed by atoms with E-state index in [1.54, 1.807) is 14.3 Å². The van der Waals surface area contributed by atoms with Crippen molar-refractivity contribution in [1.82, 2.24) is 60.3 Å². The van der Waals surface area contributed by atoms with Gasteiger partial charge in [0.15, 0.2) is 34.4 Å². The van der Waals surface area contributed by atoms with E-state index in [4.69, 9.17) is 48.1 Å². The second kappa shape index (κ2) is 32.7. The monoisotopic (exact) mass is 1520 g/mol. The Bertz CT molecular complexity index is 3560. The molecule has 4 aromatic heterocycles. The van der Waals surface area contributed by atoms with Crippen molar-refractivity contribution in [2.24, 2.45) is 10.8 Å². The maximum Gasteiger partial charge on any atom is 0.481 e. The number of hydrogen-bond donors (Lipinski definition) is 18. The lowest BCUT2D eigenvalue weighted by Gasteiger charge is -2.30. The first kappa shape index (κ1) is 82.2. The van der Waals surface area contributed by atoms with Gasteiger partial charge in [0.2, 0.25) is 23.6 Å². The van der Waals surface area contributed by atoms with Gasteiger partial charge in [-0.05, 0) is 13.8 Å². The molecule has 0 spiro atoms. The molecule has 46 nitrogen and oxygen atoms in total. The van der Waals surface area contributed by atoms with Crippen LogP contribution in [0.4, 0.5) is 11.6 Å². The first-order valence-corrected chi connectivity index (χ1v) is 37.7. The van der Waals surface area contributed by atoms with Crippen LogP contribution in [-0.2, 0) is 103 Å². The third-order valence-corrected chi connectivity index (χ3v) is 20.8. The molecule has 2 saturated heterocycles. The number of aromatic nitrogens is 8. The van der Waals surface area contributed by atoms with E-state index in [-0.39, 0.29) is 73.0 Å². The van der Waals surface area contributed by atoms with Crippen LogP contribution in [0, 0.1) is 10.8 Å². The highest BCUT2D eigenvalue weighted by atomic mass is 31.3. The van der Waals surface area contributed by atoms with E-state index in [0.29, 0.717) is 12.6 Å². The number of aliphatic hydroxyl groups is 4. The highest BCUT2D eigenvalue weighted by Gasteiger charge is 2.59. The zero-order chi connectivity index (χ0) is 73.4. The number of ether oxygens (including phenoxy) is 2. The minimum Gasteiger partial charge on any atom is -0.385 e. The molecule has 4 amide bonds. The molecular weight excluding hydrogens is 1440 g/mol. The summed E-state index contributed by atoms with van der Waals surface area (Å²) in [7, 11) is -30.0. The van der Waals surface area contributed by atoms with Crippen LogP contribution in [0.1, 0.15) is 54.4 Å². The number of nitrogens with one attached hydrogen (secondary N) is 4. The SMILES string of the molecule is CC(C)(COP(=O)(O)OP(=O)(O)OCC1OC(C)(n2cnc3c(N)ncnc32)C(O)C1OP(=O)(O)O)C(O)C(=O)NCCC(=O)NCC[B][B]CCNC(=O)CCNC(=O)C(O)C(C)(C)COP(=O)(O)OP(=O)(O)OCC1OC(C)(n2cnc3c(N)ncnc32)C(O)C1OP(=O)(O)O. The Labute approximate surface area is 556 Å². The van der Waals surface area contributed by atoms with Crippen molar-refractivity contribution >= 4 is 119 Å². The largest absolute Gasteiger partial charge is 0.481 e. The zero-order valence-electron chi connectivity index (χ0n) is 52.5. The van der Waals surface area contributed by atoms with E-state index < -0.39 is 168 Å². The molecule has 14 atom stereocenters. The topological polar surface area (TPSA) is 693 Å².